The third-order valence-corrected chi connectivity index (χ3v) is 6.69. The molecule has 3 aromatic rings. The molecular formula is C26H27F2N7S. The van der Waals surface area contributed by atoms with Crippen molar-refractivity contribution in [2.24, 2.45) is 18.0 Å². The van der Waals surface area contributed by atoms with Crippen LogP contribution in [0.4, 0.5) is 14.6 Å². The highest BCUT2D eigenvalue weighted by molar-refractivity contribution is 7.98. The maximum absolute atomic E-state index is 14.9. The van der Waals surface area contributed by atoms with E-state index in [0.29, 0.717) is 16.5 Å². The fraction of sp³-hybridized carbons (Fsp3) is 0.308. The minimum atomic E-state index is -1.22. The lowest BCUT2D eigenvalue weighted by Gasteiger charge is -2.17. The van der Waals surface area contributed by atoms with Crippen LogP contribution in [0.3, 0.4) is 0 Å². The van der Waals surface area contributed by atoms with Crippen LogP contribution in [0.25, 0.3) is 5.57 Å². The van der Waals surface area contributed by atoms with Gasteiger partial charge in [0.15, 0.2) is 5.82 Å². The van der Waals surface area contributed by atoms with Crippen molar-refractivity contribution in [1.29, 1.82) is 5.26 Å². The monoisotopic (exact) mass is 507 g/mol. The minimum absolute atomic E-state index is 0.201. The molecule has 4 rings (SSSR count). The fourth-order valence-corrected chi connectivity index (χ4v) is 4.45. The van der Waals surface area contributed by atoms with E-state index in [1.807, 2.05) is 32.3 Å². The van der Waals surface area contributed by atoms with E-state index in [-0.39, 0.29) is 17.2 Å². The van der Waals surface area contributed by atoms with Gasteiger partial charge in [0.1, 0.15) is 23.4 Å². The summed E-state index contributed by atoms with van der Waals surface area (Å²) in [6.07, 6.45) is 7.24. The van der Waals surface area contributed by atoms with Gasteiger partial charge in [-0.2, -0.15) is 15.5 Å². The summed E-state index contributed by atoms with van der Waals surface area (Å²) in [5.74, 6) is -1.59. The highest BCUT2D eigenvalue weighted by Crippen LogP contribution is 2.44. The molecule has 0 bridgehead atoms. The molecule has 186 valence electrons. The molecule has 1 fully saturated rings. The lowest BCUT2D eigenvalue weighted by Crippen LogP contribution is -2.14. The van der Waals surface area contributed by atoms with Gasteiger partial charge in [-0.05, 0) is 56.6 Å². The summed E-state index contributed by atoms with van der Waals surface area (Å²) in [6, 6.07) is 6.33. The van der Waals surface area contributed by atoms with Gasteiger partial charge in [0.25, 0.3) is 0 Å². The Kier molecular flexibility index (Phi) is 7.40. The number of aliphatic imine (C=N–C) groups is 1. The Morgan fingerprint density at radius 3 is 2.53 bits per heavy atom. The van der Waals surface area contributed by atoms with E-state index in [1.54, 1.807) is 24.1 Å². The molecule has 7 nitrogen and oxygen atoms in total. The van der Waals surface area contributed by atoms with Crippen LogP contribution in [0, 0.1) is 35.8 Å². The van der Waals surface area contributed by atoms with Gasteiger partial charge in [0.05, 0.1) is 12.3 Å². The van der Waals surface area contributed by atoms with Gasteiger partial charge in [-0.1, -0.05) is 6.58 Å². The Balaban J connectivity index is 1.83. The number of aromatic amines is 1. The number of benzene rings is 1. The number of H-pyrrole nitrogens is 1. The molecule has 2 heterocycles. The number of anilines is 1. The van der Waals surface area contributed by atoms with Gasteiger partial charge in [0.2, 0.25) is 0 Å². The first-order chi connectivity index (χ1) is 17.2. The van der Waals surface area contributed by atoms with Crippen molar-refractivity contribution < 1.29 is 8.78 Å². The summed E-state index contributed by atoms with van der Waals surface area (Å²) in [5.41, 5.74) is 3.23. The molecule has 1 aliphatic carbocycles. The molecule has 36 heavy (non-hydrogen) atoms. The second-order valence-electron chi connectivity index (χ2n) is 8.80. The fourth-order valence-electron chi connectivity index (χ4n) is 4.01. The molecule has 0 spiro atoms. The number of nitriles is 1. The van der Waals surface area contributed by atoms with Crippen LogP contribution in [0.1, 0.15) is 42.5 Å². The number of nitrogens with one attached hydrogen (secondary N) is 2. The van der Waals surface area contributed by atoms with E-state index in [2.05, 4.69) is 27.2 Å². The second-order valence-corrected chi connectivity index (χ2v) is 9.68. The third-order valence-electron chi connectivity index (χ3n) is 5.98. The van der Waals surface area contributed by atoms with Crippen LogP contribution < -0.4 is 5.32 Å². The van der Waals surface area contributed by atoms with Crippen LogP contribution >= 0.6 is 11.8 Å². The average molecular weight is 508 g/mol. The number of hydrogen-bond donors (Lipinski definition) is 2. The first-order valence-corrected chi connectivity index (χ1v) is 12.6. The van der Waals surface area contributed by atoms with Crippen molar-refractivity contribution in [3.63, 3.8) is 0 Å². The normalized spacial score (nSPS) is 15.3. The molecule has 0 aliphatic heterocycles. The SMILES string of the molecule is C=C(/C(=C(\N=C(/C)C(C#N)c1c(F)cc(SC)cc1F)Nc1cc(C)[nH]n1)C1CC1)c1cnn(C)c1. The van der Waals surface area contributed by atoms with Crippen LogP contribution in [0.2, 0.25) is 0 Å². The molecule has 2 aromatic heterocycles. The van der Waals surface area contributed by atoms with Gasteiger partial charge >= 0.3 is 0 Å². The van der Waals surface area contributed by atoms with Crippen LogP contribution in [0.15, 0.2) is 58.5 Å². The number of allylic oxidation sites excluding steroid dienone is 2. The third kappa shape index (κ3) is 5.41. The number of nitrogens with zero attached hydrogens (tertiary/aromatic N) is 5. The largest absolute Gasteiger partial charge is 0.323 e. The van der Waals surface area contributed by atoms with Crippen molar-refractivity contribution in [1.82, 2.24) is 20.0 Å². The molecule has 1 saturated carbocycles. The van der Waals surface area contributed by atoms with Gasteiger partial charge in [-0.15, -0.1) is 11.8 Å². The van der Waals surface area contributed by atoms with E-state index in [4.69, 9.17) is 4.99 Å². The first-order valence-electron chi connectivity index (χ1n) is 11.4. The molecule has 0 amide bonds. The predicted molar refractivity (Wildman–Crippen MR) is 139 cm³/mol. The Hall–Kier alpha value is -3.71. The van der Waals surface area contributed by atoms with Crippen molar-refractivity contribution in [3.05, 3.63) is 77.0 Å². The minimum Gasteiger partial charge on any atom is -0.323 e. The summed E-state index contributed by atoms with van der Waals surface area (Å²) < 4.78 is 31.5. The highest BCUT2D eigenvalue weighted by Gasteiger charge is 2.32. The van der Waals surface area contributed by atoms with Crippen LogP contribution in [-0.2, 0) is 7.05 Å². The topological polar surface area (TPSA) is 94.7 Å². The Morgan fingerprint density at radius 2 is 2.03 bits per heavy atom. The predicted octanol–water partition coefficient (Wildman–Crippen LogP) is 5.97. The van der Waals surface area contributed by atoms with Gasteiger partial charge in [0, 0.05) is 52.3 Å². The Bertz CT molecular complexity index is 1380. The molecular weight excluding hydrogens is 480 g/mol. The smallest absolute Gasteiger partial charge is 0.153 e. The second kappa shape index (κ2) is 10.5. The van der Waals surface area contributed by atoms with Crippen LogP contribution in [-0.4, -0.2) is 31.9 Å². The molecule has 2 N–H and O–H groups in total. The Morgan fingerprint density at radius 1 is 1.33 bits per heavy atom. The molecule has 1 unspecified atom stereocenters. The van der Waals surface area contributed by atoms with E-state index < -0.39 is 17.6 Å². The van der Waals surface area contributed by atoms with E-state index >= 15 is 0 Å². The van der Waals surface area contributed by atoms with Crippen molar-refractivity contribution >= 4 is 28.9 Å². The van der Waals surface area contributed by atoms with Gasteiger partial charge < -0.3 is 5.32 Å². The molecule has 1 aliphatic rings. The Labute approximate surface area is 213 Å². The number of aromatic nitrogens is 4. The summed E-state index contributed by atoms with van der Waals surface area (Å²) in [5, 5.41) is 24.6. The zero-order valence-electron chi connectivity index (χ0n) is 20.6. The maximum Gasteiger partial charge on any atom is 0.153 e. The number of rotatable bonds is 9. The quantitative estimate of drug-likeness (QED) is 0.211. The standard InChI is InChI=1S/C26H27F2N7S/c1-14-8-23(34-33-14)32-26(24(17-6-7-17)15(2)18-12-30-35(4)13-18)31-16(3)20(11-29)25-21(27)9-19(36-5)10-22(25)28/h8-10,12-13,17,20H,2,6-7H2,1,3-5H3,(H2,32,33,34)/b26-24-,31-16+. The number of thioether (sulfide) groups is 1. The zero-order chi connectivity index (χ0) is 26.0. The molecule has 1 aromatic carbocycles. The first kappa shape index (κ1) is 25.4. The molecule has 0 saturated heterocycles. The number of aryl methyl sites for hydroxylation is 2. The summed E-state index contributed by atoms with van der Waals surface area (Å²) in [6.45, 7) is 7.79. The van der Waals surface area contributed by atoms with Crippen molar-refractivity contribution in [2.75, 3.05) is 11.6 Å². The van der Waals surface area contributed by atoms with Crippen molar-refractivity contribution in [2.45, 2.75) is 37.5 Å². The highest BCUT2D eigenvalue weighted by atomic mass is 32.2. The summed E-state index contributed by atoms with van der Waals surface area (Å²) >= 11 is 1.23. The van der Waals surface area contributed by atoms with Crippen LogP contribution in [0.5, 0.6) is 0 Å². The number of hydrogen-bond acceptors (Lipinski definition) is 6. The molecule has 1 atom stereocenters. The summed E-state index contributed by atoms with van der Waals surface area (Å²) in [7, 11) is 1.83. The van der Waals surface area contributed by atoms with E-state index in [1.165, 1.54) is 23.9 Å². The maximum atomic E-state index is 14.9. The number of halogens is 2. The van der Waals surface area contributed by atoms with Gasteiger partial charge in [-0.3, -0.25) is 9.78 Å². The van der Waals surface area contributed by atoms with Crippen molar-refractivity contribution in [3.8, 4) is 6.07 Å². The van der Waals surface area contributed by atoms with Gasteiger partial charge in [-0.25, -0.2) is 13.8 Å². The molecule has 0 radical (unpaired) electrons. The lowest BCUT2D eigenvalue weighted by molar-refractivity contribution is 0.553. The average Bonchev–Trinajstić information content (AvgIpc) is 3.43. The molecule has 10 heteroatoms. The van der Waals surface area contributed by atoms with E-state index in [0.717, 1.165) is 35.2 Å². The van der Waals surface area contributed by atoms with E-state index in [9.17, 15) is 14.0 Å². The lowest BCUT2D eigenvalue weighted by atomic mass is 9.94. The summed E-state index contributed by atoms with van der Waals surface area (Å²) in [4.78, 5) is 5.19. The zero-order valence-corrected chi connectivity index (χ0v) is 21.4.